The number of nitrogens with one attached hydrogen (secondary N) is 1. The predicted molar refractivity (Wildman–Crippen MR) is 95.4 cm³/mol. The molecule has 1 aromatic rings. The Morgan fingerprint density at radius 3 is 2.42 bits per heavy atom. The fourth-order valence-corrected chi connectivity index (χ4v) is 2.73. The molecule has 0 spiro atoms. The van der Waals surface area contributed by atoms with E-state index in [0.717, 1.165) is 30.8 Å². The molecule has 6 heteroatoms. The molecule has 1 fully saturated rings. The summed E-state index contributed by atoms with van der Waals surface area (Å²) >= 11 is 0. The van der Waals surface area contributed by atoms with Crippen LogP contribution in [0, 0.1) is 0 Å². The first-order valence-corrected chi connectivity index (χ1v) is 8.41. The Balaban J connectivity index is 1.86. The molecular formula is C18H27N3O3. The van der Waals surface area contributed by atoms with Gasteiger partial charge in [-0.3, -0.25) is 9.59 Å². The van der Waals surface area contributed by atoms with Crippen molar-refractivity contribution in [2.75, 3.05) is 43.6 Å². The molecule has 1 aromatic carbocycles. The van der Waals surface area contributed by atoms with Crippen LogP contribution in [0.2, 0.25) is 0 Å². The molecule has 0 aliphatic carbocycles. The zero-order chi connectivity index (χ0) is 17.5. The quantitative estimate of drug-likeness (QED) is 0.826. The first kappa shape index (κ1) is 18.3. The number of hydrogen-bond donors (Lipinski definition) is 1. The molecule has 1 atom stereocenters. The lowest BCUT2D eigenvalue weighted by Gasteiger charge is -2.22. The fourth-order valence-electron chi connectivity index (χ4n) is 2.73. The third-order valence-corrected chi connectivity index (χ3v) is 4.17. The zero-order valence-corrected chi connectivity index (χ0v) is 14.7. The van der Waals surface area contributed by atoms with Gasteiger partial charge in [-0.1, -0.05) is 0 Å². The van der Waals surface area contributed by atoms with E-state index in [0.29, 0.717) is 13.1 Å². The SMILES string of the molecule is CC(=O)N(CCC(=O)NCC1CCCO1)c1ccc(N(C)C)cc1. The summed E-state index contributed by atoms with van der Waals surface area (Å²) in [6.07, 6.45) is 2.47. The van der Waals surface area contributed by atoms with Crippen LogP contribution in [0.25, 0.3) is 0 Å². The Bertz CT molecular complexity index is 551. The van der Waals surface area contributed by atoms with Crippen LogP contribution in [0.4, 0.5) is 11.4 Å². The molecule has 0 saturated carbocycles. The number of carbonyl (C=O) groups excluding carboxylic acids is 2. The smallest absolute Gasteiger partial charge is 0.223 e. The minimum atomic E-state index is -0.0699. The van der Waals surface area contributed by atoms with Gasteiger partial charge in [0, 0.05) is 58.5 Å². The molecule has 1 saturated heterocycles. The van der Waals surface area contributed by atoms with Gasteiger partial charge in [0.25, 0.3) is 0 Å². The number of hydrogen-bond acceptors (Lipinski definition) is 4. The van der Waals surface area contributed by atoms with Gasteiger partial charge in [0.1, 0.15) is 0 Å². The van der Waals surface area contributed by atoms with Crippen molar-refractivity contribution >= 4 is 23.2 Å². The molecule has 0 bridgehead atoms. The Labute approximate surface area is 143 Å². The second-order valence-electron chi connectivity index (χ2n) is 6.27. The summed E-state index contributed by atoms with van der Waals surface area (Å²) in [4.78, 5) is 27.5. The van der Waals surface area contributed by atoms with E-state index in [2.05, 4.69) is 5.32 Å². The number of benzene rings is 1. The number of carbonyl (C=O) groups is 2. The van der Waals surface area contributed by atoms with E-state index in [1.165, 1.54) is 6.92 Å². The highest BCUT2D eigenvalue weighted by Gasteiger charge is 2.17. The number of anilines is 2. The van der Waals surface area contributed by atoms with Gasteiger partial charge in [0.15, 0.2) is 0 Å². The molecule has 6 nitrogen and oxygen atoms in total. The molecule has 2 rings (SSSR count). The van der Waals surface area contributed by atoms with E-state index >= 15 is 0 Å². The van der Waals surface area contributed by atoms with Crippen LogP contribution in [0.3, 0.4) is 0 Å². The van der Waals surface area contributed by atoms with Gasteiger partial charge in [-0.25, -0.2) is 0 Å². The second kappa shape index (κ2) is 8.68. The van der Waals surface area contributed by atoms with Gasteiger partial charge in [-0.2, -0.15) is 0 Å². The lowest BCUT2D eigenvalue weighted by molar-refractivity contribution is -0.121. The highest BCUT2D eigenvalue weighted by atomic mass is 16.5. The van der Waals surface area contributed by atoms with E-state index < -0.39 is 0 Å². The first-order chi connectivity index (χ1) is 11.5. The van der Waals surface area contributed by atoms with E-state index in [9.17, 15) is 9.59 Å². The maximum Gasteiger partial charge on any atom is 0.223 e. The van der Waals surface area contributed by atoms with E-state index in [-0.39, 0.29) is 24.3 Å². The Morgan fingerprint density at radius 2 is 1.88 bits per heavy atom. The van der Waals surface area contributed by atoms with Crippen molar-refractivity contribution in [3.63, 3.8) is 0 Å². The van der Waals surface area contributed by atoms with Gasteiger partial charge in [0.2, 0.25) is 11.8 Å². The van der Waals surface area contributed by atoms with Crippen molar-refractivity contribution in [3.05, 3.63) is 24.3 Å². The van der Waals surface area contributed by atoms with Crippen LogP contribution < -0.4 is 15.1 Å². The number of ether oxygens (including phenoxy) is 1. The standard InChI is InChI=1S/C18H27N3O3/c1-14(22)21(16-8-6-15(7-9-16)20(2)3)11-10-18(23)19-13-17-5-4-12-24-17/h6-9,17H,4-5,10-13H2,1-3H3,(H,19,23). The van der Waals surface area contributed by atoms with E-state index in [1.807, 2.05) is 43.3 Å². The lowest BCUT2D eigenvalue weighted by Crippen LogP contribution is -2.36. The van der Waals surface area contributed by atoms with Gasteiger partial charge in [-0.05, 0) is 37.1 Å². The predicted octanol–water partition coefficient (Wildman–Crippen LogP) is 1.79. The van der Waals surface area contributed by atoms with Crippen LogP contribution in [0.15, 0.2) is 24.3 Å². The Morgan fingerprint density at radius 1 is 1.21 bits per heavy atom. The molecule has 1 unspecified atom stereocenters. The summed E-state index contributed by atoms with van der Waals surface area (Å²) in [7, 11) is 3.94. The van der Waals surface area contributed by atoms with Crippen LogP contribution in [0.5, 0.6) is 0 Å². The molecule has 1 heterocycles. The van der Waals surface area contributed by atoms with Crippen LogP contribution in [0.1, 0.15) is 26.2 Å². The Kier molecular flexibility index (Phi) is 6.61. The highest BCUT2D eigenvalue weighted by molar-refractivity contribution is 5.92. The summed E-state index contributed by atoms with van der Waals surface area (Å²) < 4.78 is 5.48. The number of nitrogens with zero attached hydrogens (tertiary/aromatic N) is 2. The maximum atomic E-state index is 12.0. The van der Waals surface area contributed by atoms with E-state index in [4.69, 9.17) is 4.74 Å². The first-order valence-electron chi connectivity index (χ1n) is 8.41. The number of amides is 2. The molecule has 132 valence electrons. The minimum absolute atomic E-state index is 0.0540. The van der Waals surface area contributed by atoms with Crippen LogP contribution in [-0.2, 0) is 14.3 Å². The summed E-state index contributed by atoms with van der Waals surface area (Å²) in [5.41, 5.74) is 1.87. The van der Waals surface area contributed by atoms with Crippen molar-refractivity contribution in [1.82, 2.24) is 5.32 Å². The molecule has 24 heavy (non-hydrogen) atoms. The van der Waals surface area contributed by atoms with Gasteiger partial charge in [0.05, 0.1) is 6.10 Å². The third kappa shape index (κ3) is 5.23. The minimum Gasteiger partial charge on any atom is -0.378 e. The topological polar surface area (TPSA) is 61.9 Å². The second-order valence-corrected chi connectivity index (χ2v) is 6.27. The Hall–Kier alpha value is -2.08. The molecule has 0 radical (unpaired) electrons. The highest BCUT2D eigenvalue weighted by Crippen LogP contribution is 2.20. The van der Waals surface area contributed by atoms with Gasteiger partial charge in [-0.15, -0.1) is 0 Å². The van der Waals surface area contributed by atoms with Crippen LogP contribution >= 0.6 is 0 Å². The van der Waals surface area contributed by atoms with Gasteiger partial charge >= 0.3 is 0 Å². The molecule has 1 N–H and O–H groups in total. The zero-order valence-electron chi connectivity index (χ0n) is 14.7. The van der Waals surface area contributed by atoms with Crippen molar-refractivity contribution in [3.8, 4) is 0 Å². The van der Waals surface area contributed by atoms with Crippen LogP contribution in [-0.4, -0.2) is 51.7 Å². The third-order valence-electron chi connectivity index (χ3n) is 4.17. The monoisotopic (exact) mass is 333 g/mol. The average Bonchev–Trinajstić information content (AvgIpc) is 3.06. The fraction of sp³-hybridized carbons (Fsp3) is 0.556. The molecule has 2 amide bonds. The molecular weight excluding hydrogens is 306 g/mol. The summed E-state index contributed by atoms with van der Waals surface area (Å²) in [5.74, 6) is -0.124. The van der Waals surface area contributed by atoms with Crippen molar-refractivity contribution in [2.45, 2.75) is 32.3 Å². The van der Waals surface area contributed by atoms with Gasteiger partial charge < -0.3 is 19.9 Å². The van der Waals surface area contributed by atoms with E-state index in [1.54, 1.807) is 4.90 Å². The van der Waals surface area contributed by atoms with Crippen molar-refractivity contribution < 1.29 is 14.3 Å². The lowest BCUT2D eigenvalue weighted by atomic mass is 10.2. The number of rotatable bonds is 7. The molecule has 0 aromatic heterocycles. The normalized spacial score (nSPS) is 16.7. The molecule has 1 aliphatic heterocycles. The summed E-state index contributed by atoms with van der Waals surface area (Å²) in [6.45, 7) is 3.22. The molecule has 1 aliphatic rings. The van der Waals surface area contributed by atoms with Crippen molar-refractivity contribution in [1.29, 1.82) is 0 Å². The van der Waals surface area contributed by atoms with Crippen molar-refractivity contribution in [2.24, 2.45) is 0 Å². The summed E-state index contributed by atoms with van der Waals surface area (Å²) in [5, 5.41) is 2.89. The summed E-state index contributed by atoms with van der Waals surface area (Å²) in [6, 6.07) is 7.73. The average molecular weight is 333 g/mol. The largest absolute Gasteiger partial charge is 0.378 e. The maximum absolute atomic E-state index is 12.0.